The van der Waals surface area contributed by atoms with Gasteiger partial charge in [-0.1, -0.05) is 41.4 Å². The number of hydrogen-bond acceptors (Lipinski definition) is 4. The van der Waals surface area contributed by atoms with Crippen LogP contribution in [0.3, 0.4) is 0 Å². The first-order chi connectivity index (χ1) is 10.9. The SMILES string of the molecule is N[C@H](Cc1ccc(OC(=O)c2c(Cl)cccc2Cl)cc1)C(=O)O. The molecule has 0 bridgehead atoms. The predicted octanol–water partition coefficient (Wildman–Crippen LogP) is 3.17. The molecule has 2 aromatic carbocycles. The van der Waals surface area contributed by atoms with Crippen molar-refractivity contribution in [3.05, 3.63) is 63.6 Å². The zero-order valence-electron chi connectivity index (χ0n) is 11.8. The molecule has 0 saturated carbocycles. The van der Waals surface area contributed by atoms with E-state index in [1.54, 1.807) is 42.5 Å². The minimum atomic E-state index is -1.08. The summed E-state index contributed by atoms with van der Waals surface area (Å²) in [5.74, 6) is -1.46. The van der Waals surface area contributed by atoms with E-state index in [0.717, 1.165) is 5.56 Å². The molecule has 3 N–H and O–H groups in total. The third kappa shape index (κ3) is 4.45. The minimum Gasteiger partial charge on any atom is -0.480 e. The first kappa shape index (κ1) is 17.3. The van der Waals surface area contributed by atoms with Crippen LogP contribution in [0.4, 0.5) is 0 Å². The topological polar surface area (TPSA) is 89.6 Å². The maximum atomic E-state index is 12.1. The highest BCUT2D eigenvalue weighted by molar-refractivity contribution is 6.39. The number of rotatable bonds is 5. The summed E-state index contributed by atoms with van der Waals surface area (Å²) in [4.78, 5) is 22.8. The summed E-state index contributed by atoms with van der Waals surface area (Å²) in [6.07, 6.45) is 0.180. The number of benzene rings is 2. The van der Waals surface area contributed by atoms with Gasteiger partial charge >= 0.3 is 11.9 Å². The fraction of sp³-hybridized carbons (Fsp3) is 0.125. The number of carboxylic acids is 1. The third-order valence-corrected chi connectivity index (χ3v) is 3.70. The molecule has 23 heavy (non-hydrogen) atoms. The van der Waals surface area contributed by atoms with Crippen LogP contribution in [0.15, 0.2) is 42.5 Å². The molecule has 0 heterocycles. The van der Waals surface area contributed by atoms with Crippen molar-refractivity contribution in [2.45, 2.75) is 12.5 Å². The van der Waals surface area contributed by atoms with Crippen molar-refractivity contribution in [1.82, 2.24) is 0 Å². The monoisotopic (exact) mass is 353 g/mol. The van der Waals surface area contributed by atoms with Crippen molar-refractivity contribution in [3.8, 4) is 5.75 Å². The van der Waals surface area contributed by atoms with Crippen LogP contribution >= 0.6 is 23.2 Å². The summed E-state index contributed by atoms with van der Waals surface area (Å²) in [5.41, 5.74) is 6.27. The molecule has 0 aliphatic heterocycles. The first-order valence-corrected chi connectivity index (χ1v) is 7.37. The van der Waals surface area contributed by atoms with Gasteiger partial charge in [0.05, 0.1) is 15.6 Å². The van der Waals surface area contributed by atoms with Crippen LogP contribution in [0.2, 0.25) is 10.0 Å². The smallest absolute Gasteiger partial charge is 0.346 e. The standard InChI is InChI=1S/C16H13Cl2NO4/c17-11-2-1-3-12(18)14(11)16(22)23-10-6-4-9(5-7-10)8-13(19)15(20)21/h1-7,13H,8,19H2,(H,20,21)/t13-/m1/s1. The number of hydrogen-bond donors (Lipinski definition) is 2. The largest absolute Gasteiger partial charge is 0.480 e. The van der Waals surface area contributed by atoms with Gasteiger partial charge in [-0.2, -0.15) is 0 Å². The molecule has 0 amide bonds. The van der Waals surface area contributed by atoms with E-state index in [9.17, 15) is 9.59 Å². The van der Waals surface area contributed by atoms with Gasteiger partial charge in [0.15, 0.2) is 0 Å². The van der Waals surface area contributed by atoms with Gasteiger partial charge in [0.25, 0.3) is 0 Å². The lowest BCUT2D eigenvalue weighted by Crippen LogP contribution is -2.32. The molecule has 1 atom stereocenters. The highest BCUT2D eigenvalue weighted by Gasteiger charge is 2.17. The molecule has 0 saturated heterocycles. The van der Waals surface area contributed by atoms with Gasteiger partial charge in [-0.15, -0.1) is 0 Å². The Hall–Kier alpha value is -2.08. The number of carbonyl (C=O) groups is 2. The highest BCUT2D eigenvalue weighted by atomic mass is 35.5. The Morgan fingerprint density at radius 2 is 1.65 bits per heavy atom. The molecule has 0 aromatic heterocycles. The molecule has 0 aliphatic rings. The van der Waals surface area contributed by atoms with Crippen LogP contribution in [0, 0.1) is 0 Å². The number of carbonyl (C=O) groups excluding carboxylic acids is 1. The van der Waals surface area contributed by atoms with E-state index in [1.165, 1.54) is 0 Å². The van der Waals surface area contributed by atoms with Gasteiger partial charge in [0.2, 0.25) is 0 Å². The Labute approximate surface area is 142 Å². The van der Waals surface area contributed by atoms with Gasteiger partial charge in [-0.25, -0.2) is 4.79 Å². The van der Waals surface area contributed by atoms with Gasteiger partial charge in [-0.05, 0) is 36.2 Å². The highest BCUT2D eigenvalue weighted by Crippen LogP contribution is 2.26. The number of ether oxygens (including phenoxy) is 1. The Morgan fingerprint density at radius 3 is 2.17 bits per heavy atom. The molecule has 0 aliphatic carbocycles. The van der Waals surface area contributed by atoms with Crippen molar-refractivity contribution in [2.75, 3.05) is 0 Å². The Morgan fingerprint density at radius 1 is 1.09 bits per heavy atom. The van der Waals surface area contributed by atoms with Crippen molar-refractivity contribution < 1.29 is 19.4 Å². The molecular formula is C16H13Cl2NO4. The Kier molecular flexibility index (Phi) is 5.60. The van der Waals surface area contributed by atoms with Gasteiger partial charge in [0.1, 0.15) is 11.8 Å². The van der Waals surface area contributed by atoms with Crippen LogP contribution in [-0.4, -0.2) is 23.1 Å². The number of esters is 1. The van der Waals surface area contributed by atoms with Crippen molar-refractivity contribution in [3.63, 3.8) is 0 Å². The summed E-state index contributed by atoms with van der Waals surface area (Å²) >= 11 is 11.9. The molecule has 0 spiro atoms. The third-order valence-electron chi connectivity index (χ3n) is 3.07. The van der Waals surface area contributed by atoms with E-state index in [2.05, 4.69) is 0 Å². The van der Waals surface area contributed by atoms with E-state index in [0.29, 0.717) is 5.75 Å². The molecule has 7 heteroatoms. The molecule has 2 rings (SSSR count). The van der Waals surface area contributed by atoms with Crippen molar-refractivity contribution in [1.29, 1.82) is 0 Å². The Balaban J connectivity index is 2.09. The minimum absolute atomic E-state index is 0.0906. The lowest BCUT2D eigenvalue weighted by molar-refractivity contribution is -0.138. The van der Waals surface area contributed by atoms with Crippen molar-refractivity contribution in [2.24, 2.45) is 5.73 Å². The average molecular weight is 354 g/mol. The fourth-order valence-corrected chi connectivity index (χ4v) is 2.44. The van der Waals surface area contributed by atoms with E-state index in [-0.39, 0.29) is 22.0 Å². The predicted molar refractivity (Wildman–Crippen MR) is 87.2 cm³/mol. The number of carboxylic acid groups (broad SMARTS) is 1. The normalized spacial score (nSPS) is 11.8. The van der Waals surface area contributed by atoms with E-state index >= 15 is 0 Å². The zero-order chi connectivity index (χ0) is 17.0. The quantitative estimate of drug-likeness (QED) is 0.636. The van der Waals surface area contributed by atoms with Gasteiger partial charge in [0, 0.05) is 0 Å². The molecule has 0 fully saturated rings. The number of halogens is 2. The van der Waals surface area contributed by atoms with Crippen molar-refractivity contribution >= 4 is 35.1 Å². The van der Waals surface area contributed by atoms with E-state index < -0.39 is 18.0 Å². The number of nitrogens with two attached hydrogens (primary N) is 1. The summed E-state index contributed by atoms with van der Waals surface area (Å²) in [6.45, 7) is 0. The molecule has 0 radical (unpaired) electrons. The maximum absolute atomic E-state index is 12.1. The van der Waals surface area contributed by atoms with E-state index in [1.807, 2.05) is 0 Å². The summed E-state index contributed by atoms with van der Waals surface area (Å²) in [6, 6.07) is 10.1. The van der Waals surface area contributed by atoms with Gasteiger partial charge < -0.3 is 15.6 Å². The summed E-state index contributed by atoms with van der Waals surface area (Å²) < 4.78 is 5.21. The lowest BCUT2D eigenvalue weighted by Gasteiger charge is -2.09. The Bertz CT molecular complexity index is 711. The molecule has 0 unspecified atom stereocenters. The van der Waals surface area contributed by atoms with Crippen LogP contribution < -0.4 is 10.5 Å². The molecule has 120 valence electrons. The first-order valence-electron chi connectivity index (χ1n) is 6.62. The maximum Gasteiger partial charge on any atom is 0.346 e. The second kappa shape index (κ2) is 7.46. The summed E-state index contributed by atoms with van der Waals surface area (Å²) in [7, 11) is 0. The van der Waals surface area contributed by atoms with Crippen LogP contribution in [-0.2, 0) is 11.2 Å². The average Bonchev–Trinajstić information content (AvgIpc) is 2.49. The molecule has 2 aromatic rings. The molecule has 5 nitrogen and oxygen atoms in total. The second-order valence-electron chi connectivity index (χ2n) is 4.78. The second-order valence-corrected chi connectivity index (χ2v) is 5.59. The number of aliphatic carboxylic acids is 1. The van der Waals surface area contributed by atoms with Crippen LogP contribution in [0.1, 0.15) is 15.9 Å². The van der Waals surface area contributed by atoms with E-state index in [4.69, 9.17) is 38.8 Å². The summed E-state index contributed by atoms with van der Waals surface area (Å²) in [5, 5.41) is 9.18. The fourth-order valence-electron chi connectivity index (χ4n) is 1.89. The van der Waals surface area contributed by atoms with Crippen LogP contribution in [0.25, 0.3) is 0 Å². The molecular weight excluding hydrogens is 341 g/mol. The van der Waals surface area contributed by atoms with Gasteiger partial charge in [-0.3, -0.25) is 4.79 Å². The van der Waals surface area contributed by atoms with Crippen LogP contribution in [0.5, 0.6) is 5.75 Å². The zero-order valence-corrected chi connectivity index (χ0v) is 13.3. The lowest BCUT2D eigenvalue weighted by atomic mass is 10.1.